The zero-order valence-corrected chi connectivity index (χ0v) is 14.5. The van der Waals surface area contributed by atoms with Gasteiger partial charge in [-0.3, -0.25) is 0 Å². The quantitative estimate of drug-likeness (QED) is 0.748. The monoisotopic (exact) mass is 380 g/mol. The lowest BCUT2D eigenvalue weighted by molar-refractivity contribution is 0.591. The molecule has 0 spiro atoms. The van der Waals surface area contributed by atoms with E-state index in [9.17, 15) is 8.42 Å². The summed E-state index contributed by atoms with van der Waals surface area (Å²) in [6.07, 6.45) is 2.26. The molecule has 0 aliphatic heterocycles. The molecule has 0 fully saturated rings. The molecule has 0 amide bonds. The molecule has 0 bridgehead atoms. The van der Waals surface area contributed by atoms with E-state index in [0.29, 0.717) is 17.8 Å². The van der Waals surface area contributed by atoms with Crippen molar-refractivity contribution in [2.75, 3.05) is 6.54 Å². The van der Waals surface area contributed by atoms with Crippen molar-refractivity contribution in [2.24, 2.45) is 5.73 Å². The Bertz CT molecular complexity index is 889. The number of nitrogens with two attached hydrogens (primary N) is 1. The first-order valence-corrected chi connectivity index (χ1v) is 9.82. The SMILES string of the molecule is NCCc1cn(S(=O)(=O)c2cc(Cl)c(Cl)s2)c2sccc12. The number of hydrogen-bond donors (Lipinski definition) is 1. The fraction of sp³-hybridized carbons (Fsp3) is 0.167. The standard InChI is InChI=1S/C12H10Cl2N2O2S3/c13-9-5-10(20-11(9)14)21(17,18)16-6-7(1-3-15)8-2-4-19-12(8)16/h2,4-6H,1,3,15H2. The second kappa shape index (κ2) is 5.57. The fourth-order valence-electron chi connectivity index (χ4n) is 2.07. The molecule has 0 radical (unpaired) electrons. The predicted octanol–water partition coefficient (Wildman–Crippen LogP) is 3.81. The summed E-state index contributed by atoms with van der Waals surface area (Å²) in [5.74, 6) is 0. The minimum atomic E-state index is -3.70. The first-order chi connectivity index (χ1) is 9.95. The highest BCUT2D eigenvalue weighted by atomic mass is 35.5. The van der Waals surface area contributed by atoms with Crippen molar-refractivity contribution in [3.63, 3.8) is 0 Å². The van der Waals surface area contributed by atoms with Crippen LogP contribution in [-0.2, 0) is 16.4 Å². The topological polar surface area (TPSA) is 65.1 Å². The average molecular weight is 381 g/mol. The van der Waals surface area contributed by atoms with E-state index in [4.69, 9.17) is 28.9 Å². The van der Waals surface area contributed by atoms with Crippen LogP contribution in [0.25, 0.3) is 10.2 Å². The highest BCUT2D eigenvalue weighted by Crippen LogP contribution is 2.37. The summed E-state index contributed by atoms with van der Waals surface area (Å²) in [6.45, 7) is 0.464. The second-order valence-electron chi connectivity index (χ2n) is 4.32. The number of thiophene rings is 2. The second-order valence-corrected chi connectivity index (χ2v) is 9.32. The third-order valence-electron chi connectivity index (χ3n) is 3.01. The summed E-state index contributed by atoms with van der Waals surface area (Å²) >= 11 is 14.1. The van der Waals surface area contributed by atoms with Crippen LogP contribution < -0.4 is 5.73 Å². The summed E-state index contributed by atoms with van der Waals surface area (Å²) < 4.78 is 27.2. The number of rotatable bonds is 4. The van der Waals surface area contributed by atoms with Gasteiger partial charge >= 0.3 is 0 Å². The molecule has 0 atom stereocenters. The maximum Gasteiger partial charge on any atom is 0.278 e. The van der Waals surface area contributed by atoms with Crippen molar-refractivity contribution in [1.82, 2.24) is 3.97 Å². The normalized spacial score (nSPS) is 12.3. The Hall–Kier alpha value is -0.570. The van der Waals surface area contributed by atoms with E-state index in [2.05, 4.69) is 0 Å². The molecule has 0 unspecified atom stereocenters. The molecule has 21 heavy (non-hydrogen) atoms. The van der Waals surface area contributed by atoms with Gasteiger partial charge in [0.1, 0.15) is 13.4 Å². The molecule has 0 saturated heterocycles. The van der Waals surface area contributed by atoms with E-state index in [1.807, 2.05) is 11.4 Å². The van der Waals surface area contributed by atoms with Gasteiger partial charge in [-0.05, 0) is 36.0 Å². The number of hydrogen-bond acceptors (Lipinski definition) is 5. The number of aromatic nitrogens is 1. The van der Waals surface area contributed by atoms with Crippen LogP contribution in [0, 0.1) is 0 Å². The molecule has 0 aliphatic carbocycles. The largest absolute Gasteiger partial charge is 0.330 e. The van der Waals surface area contributed by atoms with Crippen LogP contribution in [-0.4, -0.2) is 18.9 Å². The fourth-order valence-corrected chi connectivity index (χ4v) is 6.57. The van der Waals surface area contributed by atoms with Gasteiger partial charge in [-0.1, -0.05) is 23.2 Å². The Kier molecular flexibility index (Phi) is 4.06. The van der Waals surface area contributed by atoms with Crippen LogP contribution in [0.3, 0.4) is 0 Å². The van der Waals surface area contributed by atoms with Crippen molar-refractivity contribution < 1.29 is 8.42 Å². The third-order valence-corrected chi connectivity index (χ3v) is 8.02. The smallest absolute Gasteiger partial charge is 0.278 e. The lowest BCUT2D eigenvalue weighted by atomic mass is 10.2. The maximum atomic E-state index is 12.8. The van der Waals surface area contributed by atoms with Gasteiger partial charge in [0.15, 0.2) is 0 Å². The summed E-state index contributed by atoms with van der Waals surface area (Å²) in [4.78, 5) is 0.680. The van der Waals surface area contributed by atoms with Gasteiger partial charge in [-0.2, -0.15) is 8.42 Å². The van der Waals surface area contributed by atoms with Crippen LogP contribution in [0.1, 0.15) is 5.56 Å². The molecule has 2 N–H and O–H groups in total. The number of fused-ring (bicyclic) bond motifs is 1. The van der Waals surface area contributed by atoms with Crippen molar-refractivity contribution in [1.29, 1.82) is 0 Å². The van der Waals surface area contributed by atoms with E-state index < -0.39 is 10.0 Å². The lowest BCUT2D eigenvalue weighted by Gasteiger charge is -2.03. The minimum absolute atomic E-state index is 0.127. The van der Waals surface area contributed by atoms with Gasteiger partial charge in [0.05, 0.1) is 5.02 Å². The molecule has 3 aromatic heterocycles. The summed E-state index contributed by atoms with van der Waals surface area (Å²) in [7, 11) is -3.70. The van der Waals surface area contributed by atoms with Crippen LogP contribution >= 0.6 is 45.9 Å². The lowest BCUT2D eigenvalue weighted by Crippen LogP contribution is -2.10. The Labute approximate surface area is 139 Å². The first-order valence-electron chi connectivity index (χ1n) is 5.93. The van der Waals surface area contributed by atoms with Crippen LogP contribution in [0.15, 0.2) is 27.9 Å². The predicted molar refractivity (Wildman–Crippen MR) is 89.5 cm³/mol. The van der Waals surface area contributed by atoms with Crippen molar-refractivity contribution in [2.45, 2.75) is 10.6 Å². The molecule has 112 valence electrons. The highest BCUT2D eigenvalue weighted by molar-refractivity contribution is 7.92. The van der Waals surface area contributed by atoms with Gasteiger partial charge in [-0.15, -0.1) is 22.7 Å². The third kappa shape index (κ3) is 2.52. The zero-order chi connectivity index (χ0) is 15.2. The molecule has 9 heteroatoms. The molecular formula is C12H10Cl2N2O2S3. The van der Waals surface area contributed by atoms with Crippen LogP contribution in [0.2, 0.25) is 9.36 Å². The van der Waals surface area contributed by atoms with E-state index in [1.165, 1.54) is 21.4 Å². The molecule has 3 rings (SSSR count). The molecular weight excluding hydrogens is 371 g/mol. The van der Waals surface area contributed by atoms with Crippen molar-refractivity contribution >= 4 is 66.1 Å². The van der Waals surface area contributed by atoms with E-state index in [-0.39, 0.29) is 13.6 Å². The van der Waals surface area contributed by atoms with E-state index in [0.717, 1.165) is 22.3 Å². The Morgan fingerprint density at radius 3 is 2.71 bits per heavy atom. The van der Waals surface area contributed by atoms with Gasteiger partial charge in [0.25, 0.3) is 10.0 Å². The summed E-state index contributed by atoms with van der Waals surface area (Å²) in [5, 5.41) is 3.03. The minimum Gasteiger partial charge on any atom is -0.330 e. The van der Waals surface area contributed by atoms with Crippen molar-refractivity contribution in [3.05, 3.63) is 38.6 Å². The molecule has 4 nitrogen and oxygen atoms in total. The molecule has 0 aliphatic rings. The first kappa shape index (κ1) is 15.3. The molecule has 3 aromatic rings. The Balaban J connectivity index is 2.21. The van der Waals surface area contributed by atoms with Crippen LogP contribution in [0.4, 0.5) is 0 Å². The van der Waals surface area contributed by atoms with Crippen molar-refractivity contribution in [3.8, 4) is 0 Å². The Morgan fingerprint density at radius 2 is 2.10 bits per heavy atom. The molecule has 3 heterocycles. The van der Waals surface area contributed by atoms with E-state index in [1.54, 1.807) is 6.20 Å². The Morgan fingerprint density at radius 1 is 1.33 bits per heavy atom. The van der Waals surface area contributed by atoms with Crippen LogP contribution in [0.5, 0.6) is 0 Å². The highest BCUT2D eigenvalue weighted by Gasteiger charge is 2.24. The average Bonchev–Trinajstić information content (AvgIpc) is 3.08. The molecule has 0 saturated carbocycles. The summed E-state index contributed by atoms with van der Waals surface area (Å²) in [5.41, 5.74) is 6.51. The van der Waals surface area contributed by atoms with E-state index >= 15 is 0 Å². The number of nitrogens with zero attached hydrogens (tertiary/aromatic N) is 1. The van der Waals surface area contributed by atoms with Gasteiger partial charge in [0, 0.05) is 11.6 Å². The molecule has 0 aromatic carbocycles. The zero-order valence-electron chi connectivity index (χ0n) is 10.5. The van der Waals surface area contributed by atoms with Gasteiger partial charge in [0.2, 0.25) is 0 Å². The van der Waals surface area contributed by atoms with Gasteiger partial charge < -0.3 is 5.73 Å². The number of halogens is 2. The maximum absolute atomic E-state index is 12.8. The summed E-state index contributed by atoms with van der Waals surface area (Å²) in [6, 6.07) is 3.29. The van der Waals surface area contributed by atoms with Gasteiger partial charge in [-0.25, -0.2) is 3.97 Å².